The van der Waals surface area contributed by atoms with Crippen LogP contribution in [-0.2, 0) is 5.41 Å². The Hall–Kier alpha value is -2.08. The SMILES string of the molecule is CC1=CC=CC(C)(c2ccccc2-c2ccccc2)C1. The molecular formula is C20H20. The summed E-state index contributed by atoms with van der Waals surface area (Å²) in [6.07, 6.45) is 7.84. The van der Waals surface area contributed by atoms with Crippen LogP contribution in [0.3, 0.4) is 0 Å². The minimum atomic E-state index is 0.0886. The quantitative estimate of drug-likeness (QED) is 0.667. The van der Waals surface area contributed by atoms with E-state index in [4.69, 9.17) is 0 Å². The van der Waals surface area contributed by atoms with Crippen LogP contribution in [0.2, 0.25) is 0 Å². The van der Waals surface area contributed by atoms with Gasteiger partial charge in [0.1, 0.15) is 0 Å². The molecule has 0 fully saturated rings. The van der Waals surface area contributed by atoms with E-state index in [1.807, 2.05) is 0 Å². The molecule has 0 heteroatoms. The van der Waals surface area contributed by atoms with E-state index in [-0.39, 0.29) is 5.41 Å². The molecule has 0 radical (unpaired) electrons. The molecule has 0 spiro atoms. The molecule has 0 bridgehead atoms. The molecule has 1 aliphatic carbocycles. The first kappa shape index (κ1) is 12.9. The Kier molecular flexibility index (Phi) is 3.31. The first-order chi connectivity index (χ1) is 9.69. The lowest BCUT2D eigenvalue weighted by atomic mass is 9.72. The first-order valence-corrected chi connectivity index (χ1v) is 7.19. The molecule has 0 saturated carbocycles. The Labute approximate surface area is 121 Å². The fourth-order valence-corrected chi connectivity index (χ4v) is 3.16. The molecule has 100 valence electrons. The van der Waals surface area contributed by atoms with Crippen LogP contribution < -0.4 is 0 Å². The van der Waals surface area contributed by atoms with Crippen molar-refractivity contribution in [1.82, 2.24) is 0 Å². The Bertz CT molecular complexity index is 661. The van der Waals surface area contributed by atoms with Crippen LogP contribution in [0, 0.1) is 0 Å². The molecule has 1 atom stereocenters. The highest BCUT2D eigenvalue weighted by Crippen LogP contribution is 2.40. The third-order valence-corrected chi connectivity index (χ3v) is 4.12. The lowest BCUT2D eigenvalue weighted by Crippen LogP contribution is -2.22. The molecule has 1 unspecified atom stereocenters. The van der Waals surface area contributed by atoms with Gasteiger partial charge < -0.3 is 0 Å². The van der Waals surface area contributed by atoms with Gasteiger partial charge in [-0.05, 0) is 30.0 Å². The normalized spacial score (nSPS) is 21.6. The highest BCUT2D eigenvalue weighted by atomic mass is 14.3. The highest BCUT2D eigenvalue weighted by Gasteiger charge is 2.28. The van der Waals surface area contributed by atoms with E-state index in [0.717, 1.165) is 6.42 Å². The van der Waals surface area contributed by atoms with Gasteiger partial charge in [-0.15, -0.1) is 0 Å². The summed E-state index contributed by atoms with van der Waals surface area (Å²) in [7, 11) is 0. The minimum absolute atomic E-state index is 0.0886. The fraction of sp³-hybridized carbons (Fsp3) is 0.200. The predicted molar refractivity (Wildman–Crippen MR) is 86.7 cm³/mol. The molecule has 0 N–H and O–H groups in total. The van der Waals surface area contributed by atoms with Crippen LogP contribution in [0.1, 0.15) is 25.8 Å². The molecule has 0 aromatic heterocycles. The number of hydrogen-bond acceptors (Lipinski definition) is 0. The molecule has 0 aliphatic heterocycles. The second-order valence-electron chi connectivity index (χ2n) is 5.88. The van der Waals surface area contributed by atoms with E-state index in [2.05, 4.69) is 86.7 Å². The molecule has 3 rings (SSSR count). The summed E-state index contributed by atoms with van der Waals surface area (Å²) < 4.78 is 0. The van der Waals surface area contributed by atoms with E-state index in [1.54, 1.807) is 0 Å². The Morgan fingerprint density at radius 1 is 0.900 bits per heavy atom. The average molecular weight is 260 g/mol. The first-order valence-electron chi connectivity index (χ1n) is 7.19. The topological polar surface area (TPSA) is 0 Å². The largest absolute Gasteiger partial charge is 0.0739 e. The van der Waals surface area contributed by atoms with Crippen molar-refractivity contribution in [3.8, 4) is 11.1 Å². The standard InChI is InChI=1S/C20H20/c1-16-9-8-14-20(2,15-16)19-13-7-6-12-18(19)17-10-4-3-5-11-17/h3-14H,15H2,1-2H3. The maximum atomic E-state index is 2.34. The zero-order valence-electron chi connectivity index (χ0n) is 12.1. The number of benzene rings is 2. The van der Waals surface area contributed by atoms with E-state index in [0.29, 0.717) is 0 Å². The average Bonchev–Trinajstić information content (AvgIpc) is 2.48. The Morgan fingerprint density at radius 3 is 2.35 bits per heavy atom. The zero-order chi connectivity index (χ0) is 14.0. The third-order valence-electron chi connectivity index (χ3n) is 4.12. The van der Waals surface area contributed by atoms with Gasteiger partial charge in [-0.1, -0.05) is 85.3 Å². The van der Waals surface area contributed by atoms with Crippen molar-refractivity contribution < 1.29 is 0 Å². The molecule has 0 saturated heterocycles. The summed E-state index contributed by atoms with van der Waals surface area (Å²) in [5.74, 6) is 0. The Balaban J connectivity index is 2.12. The molecule has 0 heterocycles. The second kappa shape index (κ2) is 5.13. The van der Waals surface area contributed by atoms with Crippen LogP contribution >= 0.6 is 0 Å². The van der Waals surface area contributed by atoms with Crippen molar-refractivity contribution >= 4 is 0 Å². The summed E-state index contributed by atoms with van der Waals surface area (Å²) in [4.78, 5) is 0. The van der Waals surface area contributed by atoms with E-state index in [1.165, 1.54) is 22.3 Å². The molecule has 1 aliphatic rings. The summed E-state index contributed by atoms with van der Waals surface area (Å²) >= 11 is 0. The zero-order valence-corrected chi connectivity index (χ0v) is 12.1. The summed E-state index contributed by atoms with van der Waals surface area (Å²) in [6, 6.07) is 19.4. The Morgan fingerprint density at radius 2 is 1.60 bits per heavy atom. The monoisotopic (exact) mass is 260 g/mol. The van der Waals surface area contributed by atoms with Gasteiger partial charge in [0.25, 0.3) is 0 Å². The minimum Gasteiger partial charge on any atom is -0.0739 e. The van der Waals surface area contributed by atoms with Gasteiger partial charge in [-0.3, -0.25) is 0 Å². The van der Waals surface area contributed by atoms with E-state index < -0.39 is 0 Å². The van der Waals surface area contributed by atoms with Gasteiger partial charge in [-0.25, -0.2) is 0 Å². The summed E-state index contributed by atoms with van der Waals surface area (Å²) in [5, 5.41) is 0. The van der Waals surface area contributed by atoms with Crippen molar-refractivity contribution in [3.63, 3.8) is 0 Å². The van der Waals surface area contributed by atoms with Gasteiger partial charge in [-0.2, -0.15) is 0 Å². The molecule has 2 aromatic rings. The van der Waals surface area contributed by atoms with Crippen LogP contribution in [-0.4, -0.2) is 0 Å². The van der Waals surface area contributed by atoms with Crippen LogP contribution in [0.25, 0.3) is 11.1 Å². The predicted octanol–water partition coefficient (Wildman–Crippen LogP) is 5.52. The van der Waals surface area contributed by atoms with Crippen molar-refractivity contribution in [2.24, 2.45) is 0 Å². The van der Waals surface area contributed by atoms with Crippen molar-refractivity contribution in [2.45, 2.75) is 25.7 Å². The smallest absolute Gasteiger partial charge is 0.0150 e. The highest BCUT2D eigenvalue weighted by molar-refractivity contribution is 5.69. The van der Waals surface area contributed by atoms with Crippen molar-refractivity contribution in [2.75, 3.05) is 0 Å². The van der Waals surface area contributed by atoms with Gasteiger partial charge in [0.15, 0.2) is 0 Å². The maximum absolute atomic E-state index is 2.34. The molecule has 2 aromatic carbocycles. The summed E-state index contributed by atoms with van der Waals surface area (Å²) in [6.45, 7) is 4.55. The van der Waals surface area contributed by atoms with E-state index >= 15 is 0 Å². The van der Waals surface area contributed by atoms with Gasteiger partial charge in [0.2, 0.25) is 0 Å². The lowest BCUT2D eigenvalue weighted by molar-refractivity contribution is 0.582. The van der Waals surface area contributed by atoms with E-state index in [9.17, 15) is 0 Å². The van der Waals surface area contributed by atoms with Crippen molar-refractivity contribution in [3.05, 3.63) is 84.0 Å². The van der Waals surface area contributed by atoms with Gasteiger partial charge >= 0.3 is 0 Å². The fourth-order valence-electron chi connectivity index (χ4n) is 3.16. The molecular weight excluding hydrogens is 240 g/mol. The second-order valence-corrected chi connectivity index (χ2v) is 5.88. The lowest BCUT2D eigenvalue weighted by Gasteiger charge is -2.31. The maximum Gasteiger partial charge on any atom is 0.0150 e. The third kappa shape index (κ3) is 2.34. The van der Waals surface area contributed by atoms with Crippen LogP contribution in [0.15, 0.2) is 78.4 Å². The molecule has 0 amide bonds. The number of allylic oxidation sites excluding steroid dienone is 4. The molecule has 0 nitrogen and oxygen atoms in total. The summed E-state index contributed by atoms with van der Waals surface area (Å²) in [5.41, 5.74) is 5.58. The number of rotatable bonds is 2. The van der Waals surface area contributed by atoms with Crippen LogP contribution in [0.5, 0.6) is 0 Å². The van der Waals surface area contributed by atoms with Gasteiger partial charge in [0, 0.05) is 5.41 Å². The van der Waals surface area contributed by atoms with Gasteiger partial charge in [0.05, 0.1) is 0 Å². The van der Waals surface area contributed by atoms with Crippen LogP contribution in [0.4, 0.5) is 0 Å². The molecule has 20 heavy (non-hydrogen) atoms. The van der Waals surface area contributed by atoms with Crippen molar-refractivity contribution in [1.29, 1.82) is 0 Å². The number of hydrogen-bond donors (Lipinski definition) is 0.